The highest BCUT2D eigenvalue weighted by atomic mass is 32.1. The maximum Gasteiger partial charge on any atom is 0.123 e. The van der Waals surface area contributed by atoms with E-state index in [0.717, 1.165) is 23.2 Å². The van der Waals surface area contributed by atoms with E-state index in [1.54, 1.807) is 24.5 Å². The Hall–Kier alpha value is -0.970. The maximum atomic E-state index is 13.0. The highest BCUT2D eigenvalue weighted by Gasteiger charge is 2.02. The van der Waals surface area contributed by atoms with E-state index in [-0.39, 0.29) is 5.82 Å². The molecule has 16 heavy (non-hydrogen) atoms. The number of fused-ring (bicyclic) bond motifs is 1. The van der Waals surface area contributed by atoms with Gasteiger partial charge < -0.3 is 10.1 Å². The minimum absolute atomic E-state index is 0.177. The van der Waals surface area contributed by atoms with Crippen LogP contribution in [0.25, 0.3) is 10.1 Å². The molecule has 0 aliphatic carbocycles. The summed E-state index contributed by atoms with van der Waals surface area (Å²) in [6.07, 6.45) is 0. The van der Waals surface area contributed by atoms with Crippen molar-refractivity contribution in [3.05, 3.63) is 35.0 Å². The highest BCUT2D eigenvalue weighted by Crippen LogP contribution is 2.25. The number of ether oxygens (including phenoxy) is 1. The Morgan fingerprint density at radius 3 is 3.06 bits per heavy atom. The quantitative estimate of drug-likeness (QED) is 0.810. The molecular formula is C12H14FNOS. The Balaban J connectivity index is 2.02. The number of rotatable bonds is 5. The molecule has 0 bridgehead atoms. The van der Waals surface area contributed by atoms with Gasteiger partial charge in [-0.3, -0.25) is 0 Å². The van der Waals surface area contributed by atoms with Crippen LogP contribution in [0.1, 0.15) is 4.88 Å². The van der Waals surface area contributed by atoms with Gasteiger partial charge in [-0.1, -0.05) is 0 Å². The highest BCUT2D eigenvalue weighted by molar-refractivity contribution is 7.19. The molecule has 1 N–H and O–H groups in total. The lowest BCUT2D eigenvalue weighted by atomic mass is 10.2. The van der Waals surface area contributed by atoms with E-state index in [0.29, 0.717) is 6.61 Å². The van der Waals surface area contributed by atoms with Crippen LogP contribution in [0.5, 0.6) is 0 Å². The first-order chi connectivity index (χ1) is 7.79. The number of hydrogen-bond acceptors (Lipinski definition) is 3. The second kappa shape index (κ2) is 5.39. The maximum absolute atomic E-state index is 13.0. The molecule has 1 heterocycles. The average molecular weight is 239 g/mol. The second-order valence-electron chi connectivity index (χ2n) is 3.56. The summed E-state index contributed by atoms with van der Waals surface area (Å²) < 4.78 is 19.0. The predicted octanol–water partition coefficient (Wildman–Crippen LogP) is 2.78. The lowest BCUT2D eigenvalue weighted by Gasteiger charge is -2.00. The third kappa shape index (κ3) is 2.78. The van der Waals surface area contributed by atoms with E-state index < -0.39 is 0 Å². The van der Waals surface area contributed by atoms with E-state index in [1.807, 2.05) is 12.1 Å². The van der Waals surface area contributed by atoms with Crippen LogP contribution in [0.3, 0.4) is 0 Å². The van der Waals surface area contributed by atoms with Crippen molar-refractivity contribution in [2.24, 2.45) is 0 Å². The number of thiophene rings is 1. The van der Waals surface area contributed by atoms with Gasteiger partial charge in [0.15, 0.2) is 0 Å². The minimum atomic E-state index is -0.177. The normalized spacial score (nSPS) is 11.1. The molecule has 0 amide bonds. The van der Waals surface area contributed by atoms with Crippen LogP contribution in [0.2, 0.25) is 0 Å². The zero-order valence-corrected chi connectivity index (χ0v) is 9.94. The molecule has 0 saturated carbocycles. The van der Waals surface area contributed by atoms with Crippen LogP contribution in [-0.2, 0) is 11.3 Å². The summed E-state index contributed by atoms with van der Waals surface area (Å²) in [5, 5.41) is 4.25. The van der Waals surface area contributed by atoms with Crippen molar-refractivity contribution in [3.63, 3.8) is 0 Å². The average Bonchev–Trinajstić information content (AvgIpc) is 2.66. The monoisotopic (exact) mass is 239 g/mol. The van der Waals surface area contributed by atoms with Gasteiger partial charge in [0.1, 0.15) is 5.82 Å². The summed E-state index contributed by atoms with van der Waals surface area (Å²) in [6, 6.07) is 6.93. The van der Waals surface area contributed by atoms with Gasteiger partial charge >= 0.3 is 0 Å². The summed E-state index contributed by atoms with van der Waals surface area (Å²) >= 11 is 1.69. The Labute approximate surface area is 98.0 Å². The van der Waals surface area contributed by atoms with Crippen molar-refractivity contribution in [2.45, 2.75) is 6.54 Å². The van der Waals surface area contributed by atoms with Crippen molar-refractivity contribution in [2.75, 3.05) is 20.3 Å². The number of halogens is 1. The molecule has 0 spiro atoms. The first kappa shape index (κ1) is 11.5. The molecule has 0 unspecified atom stereocenters. The van der Waals surface area contributed by atoms with E-state index >= 15 is 0 Å². The summed E-state index contributed by atoms with van der Waals surface area (Å²) in [6.45, 7) is 2.35. The van der Waals surface area contributed by atoms with Crippen molar-refractivity contribution < 1.29 is 9.13 Å². The molecule has 2 aromatic rings. The summed E-state index contributed by atoms with van der Waals surface area (Å²) in [5.41, 5.74) is 0. The first-order valence-electron chi connectivity index (χ1n) is 5.17. The van der Waals surface area contributed by atoms with Crippen molar-refractivity contribution in [1.82, 2.24) is 5.32 Å². The van der Waals surface area contributed by atoms with Crippen LogP contribution in [0.4, 0.5) is 4.39 Å². The molecule has 4 heteroatoms. The minimum Gasteiger partial charge on any atom is -0.383 e. The first-order valence-corrected chi connectivity index (χ1v) is 5.99. The zero-order chi connectivity index (χ0) is 11.4. The predicted molar refractivity (Wildman–Crippen MR) is 65.4 cm³/mol. The largest absolute Gasteiger partial charge is 0.383 e. The van der Waals surface area contributed by atoms with Gasteiger partial charge in [-0.05, 0) is 29.7 Å². The molecular weight excluding hydrogens is 225 g/mol. The Morgan fingerprint density at radius 1 is 1.38 bits per heavy atom. The third-order valence-electron chi connectivity index (χ3n) is 2.31. The van der Waals surface area contributed by atoms with Crippen LogP contribution in [0.15, 0.2) is 24.3 Å². The molecule has 0 aliphatic rings. The van der Waals surface area contributed by atoms with Gasteiger partial charge in [0.2, 0.25) is 0 Å². The smallest absolute Gasteiger partial charge is 0.123 e. The Kier molecular flexibility index (Phi) is 3.88. The van der Waals surface area contributed by atoms with Crippen LogP contribution in [0, 0.1) is 5.82 Å². The van der Waals surface area contributed by atoms with Gasteiger partial charge in [-0.15, -0.1) is 11.3 Å². The summed E-state index contributed by atoms with van der Waals surface area (Å²) in [7, 11) is 1.68. The van der Waals surface area contributed by atoms with Crippen molar-refractivity contribution in [3.8, 4) is 0 Å². The SMILES string of the molecule is COCCNCc1cc2cc(F)ccc2s1. The molecule has 1 aromatic heterocycles. The molecule has 0 saturated heterocycles. The molecule has 0 atom stereocenters. The zero-order valence-electron chi connectivity index (χ0n) is 9.13. The molecule has 86 valence electrons. The molecule has 2 rings (SSSR count). The molecule has 2 nitrogen and oxygen atoms in total. The molecule has 0 radical (unpaired) electrons. The lowest BCUT2D eigenvalue weighted by molar-refractivity contribution is 0.199. The van der Waals surface area contributed by atoms with Crippen LogP contribution < -0.4 is 5.32 Å². The van der Waals surface area contributed by atoms with Gasteiger partial charge in [-0.25, -0.2) is 4.39 Å². The van der Waals surface area contributed by atoms with Crippen molar-refractivity contribution in [1.29, 1.82) is 0 Å². The van der Waals surface area contributed by atoms with Gasteiger partial charge in [0.25, 0.3) is 0 Å². The molecule has 0 fully saturated rings. The Bertz CT molecular complexity index is 469. The van der Waals surface area contributed by atoms with E-state index in [4.69, 9.17) is 4.74 Å². The van der Waals surface area contributed by atoms with E-state index in [1.165, 1.54) is 10.9 Å². The van der Waals surface area contributed by atoms with Crippen LogP contribution >= 0.6 is 11.3 Å². The van der Waals surface area contributed by atoms with Gasteiger partial charge in [-0.2, -0.15) is 0 Å². The van der Waals surface area contributed by atoms with Crippen LogP contribution in [-0.4, -0.2) is 20.3 Å². The van der Waals surface area contributed by atoms with E-state index in [9.17, 15) is 4.39 Å². The fourth-order valence-corrected chi connectivity index (χ4v) is 2.56. The number of methoxy groups -OCH3 is 1. The second-order valence-corrected chi connectivity index (χ2v) is 4.73. The Morgan fingerprint density at radius 2 is 2.25 bits per heavy atom. The third-order valence-corrected chi connectivity index (χ3v) is 3.43. The van der Waals surface area contributed by atoms with E-state index in [2.05, 4.69) is 5.32 Å². The number of nitrogens with one attached hydrogen (secondary N) is 1. The topological polar surface area (TPSA) is 21.3 Å². The van der Waals surface area contributed by atoms with Gasteiger partial charge in [0, 0.05) is 29.8 Å². The fraction of sp³-hybridized carbons (Fsp3) is 0.333. The molecule has 1 aromatic carbocycles. The molecule has 0 aliphatic heterocycles. The number of benzene rings is 1. The summed E-state index contributed by atoms with van der Waals surface area (Å²) in [4.78, 5) is 1.22. The van der Waals surface area contributed by atoms with Crippen molar-refractivity contribution >= 4 is 21.4 Å². The fourth-order valence-electron chi connectivity index (χ4n) is 1.54. The number of hydrogen-bond donors (Lipinski definition) is 1. The van der Waals surface area contributed by atoms with Gasteiger partial charge in [0.05, 0.1) is 6.61 Å². The summed E-state index contributed by atoms with van der Waals surface area (Å²) in [5.74, 6) is -0.177. The standard InChI is InChI=1S/C12H14FNOS/c1-15-5-4-14-8-11-7-9-6-10(13)2-3-12(9)16-11/h2-3,6-7,14H,4-5,8H2,1H3. The lowest BCUT2D eigenvalue weighted by Crippen LogP contribution is -2.17.